The molecule has 186 valence electrons. The van der Waals surface area contributed by atoms with Crippen LogP contribution in [0.4, 0.5) is 11.4 Å². The molecule has 10 nitrogen and oxygen atoms in total. The van der Waals surface area contributed by atoms with Crippen LogP contribution in [0.1, 0.15) is 29.5 Å². The molecule has 10 heteroatoms. The molecule has 1 fully saturated rings. The van der Waals surface area contributed by atoms with Gasteiger partial charge in [-0.3, -0.25) is 14.9 Å². The Hall–Kier alpha value is -4.99. The Morgan fingerprint density at radius 3 is 2.51 bits per heavy atom. The number of hydrogen-bond acceptors (Lipinski definition) is 6. The molecule has 1 amide bonds. The standard InChI is InChI=1S/C27H22N4O6/c32-23-13-12-22(27(34)35)30(23)15-16-6-8-18(9-7-16)28-25(17-4-2-1-3-5-17)24-20-14-19(31(36)37)10-11-21(20)29-26(24)33/h1-11,14,22,29,33H,12-13,15H2,(H,34,35). The minimum absolute atomic E-state index is 0.111. The minimum atomic E-state index is -1.02. The van der Waals surface area contributed by atoms with Crippen molar-refractivity contribution >= 4 is 39.9 Å². The molecule has 1 saturated heterocycles. The van der Waals surface area contributed by atoms with Crippen molar-refractivity contribution in [3.63, 3.8) is 0 Å². The van der Waals surface area contributed by atoms with E-state index in [1.807, 2.05) is 30.3 Å². The van der Waals surface area contributed by atoms with Crippen LogP contribution in [0.15, 0.2) is 77.8 Å². The smallest absolute Gasteiger partial charge is 0.326 e. The van der Waals surface area contributed by atoms with Gasteiger partial charge in [0.15, 0.2) is 5.88 Å². The van der Waals surface area contributed by atoms with Crippen LogP contribution in [0, 0.1) is 10.1 Å². The number of non-ortho nitro benzene ring substituents is 1. The highest BCUT2D eigenvalue weighted by Crippen LogP contribution is 2.33. The van der Waals surface area contributed by atoms with Gasteiger partial charge < -0.3 is 20.1 Å². The van der Waals surface area contributed by atoms with Crippen molar-refractivity contribution in [3.8, 4) is 5.88 Å². The number of carbonyl (C=O) groups is 2. The van der Waals surface area contributed by atoms with E-state index in [4.69, 9.17) is 4.99 Å². The normalized spacial score (nSPS) is 15.9. The second kappa shape index (κ2) is 9.57. The highest BCUT2D eigenvalue weighted by molar-refractivity contribution is 6.22. The predicted molar refractivity (Wildman–Crippen MR) is 136 cm³/mol. The third kappa shape index (κ3) is 4.64. The molecular formula is C27H22N4O6. The summed E-state index contributed by atoms with van der Waals surface area (Å²) in [4.78, 5) is 43.5. The van der Waals surface area contributed by atoms with Crippen LogP contribution in [0.2, 0.25) is 0 Å². The van der Waals surface area contributed by atoms with E-state index in [0.717, 1.165) is 5.56 Å². The van der Waals surface area contributed by atoms with Gasteiger partial charge in [0.25, 0.3) is 5.69 Å². The second-order valence-corrected chi connectivity index (χ2v) is 8.74. The van der Waals surface area contributed by atoms with Crippen molar-refractivity contribution in [1.82, 2.24) is 9.88 Å². The lowest BCUT2D eigenvalue weighted by atomic mass is 10.0. The maximum Gasteiger partial charge on any atom is 0.326 e. The van der Waals surface area contributed by atoms with E-state index in [-0.39, 0.29) is 30.4 Å². The number of aliphatic carboxylic acids is 1. The summed E-state index contributed by atoms with van der Waals surface area (Å²) in [5.41, 5.74) is 3.16. The van der Waals surface area contributed by atoms with Gasteiger partial charge in [0.05, 0.1) is 21.9 Å². The molecule has 1 atom stereocenters. The molecule has 2 heterocycles. The zero-order chi connectivity index (χ0) is 26.1. The lowest BCUT2D eigenvalue weighted by Crippen LogP contribution is -2.37. The van der Waals surface area contributed by atoms with Crippen LogP contribution < -0.4 is 0 Å². The van der Waals surface area contributed by atoms with Gasteiger partial charge in [-0.1, -0.05) is 42.5 Å². The first-order valence-corrected chi connectivity index (χ1v) is 11.6. The van der Waals surface area contributed by atoms with Crippen LogP contribution in [0.3, 0.4) is 0 Å². The molecule has 0 aliphatic carbocycles. The number of nitrogens with one attached hydrogen (secondary N) is 1. The van der Waals surface area contributed by atoms with E-state index >= 15 is 0 Å². The average molecular weight is 498 g/mol. The third-order valence-electron chi connectivity index (χ3n) is 6.40. The topological polar surface area (TPSA) is 149 Å². The van der Waals surface area contributed by atoms with Gasteiger partial charge in [-0.05, 0) is 30.2 Å². The number of fused-ring (bicyclic) bond motifs is 1. The number of carbonyl (C=O) groups excluding carboxylic acids is 1. The fourth-order valence-electron chi connectivity index (χ4n) is 4.57. The fraction of sp³-hybridized carbons (Fsp3) is 0.148. The quantitative estimate of drug-likeness (QED) is 0.194. The van der Waals surface area contributed by atoms with Crippen molar-refractivity contribution in [2.45, 2.75) is 25.4 Å². The Morgan fingerprint density at radius 1 is 1.11 bits per heavy atom. The van der Waals surface area contributed by atoms with Crippen LogP contribution in [-0.2, 0) is 16.1 Å². The Kier molecular flexibility index (Phi) is 6.14. The van der Waals surface area contributed by atoms with Gasteiger partial charge in [-0.2, -0.15) is 0 Å². The summed E-state index contributed by atoms with van der Waals surface area (Å²) < 4.78 is 0. The Balaban J connectivity index is 1.54. The Morgan fingerprint density at radius 2 is 1.84 bits per heavy atom. The first-order chi connectivity index (χ1) is 17.8. The fourth-order valence-corrected chi connectivity index (χ4v) is 4.57. The lowest BCUT2D eigenvalue weighted by molar-refractivity contribution is -0.384. The SMILES string of the molecule is O=C(O)C1CCC(=O)N1Cc1ccc(N=C(c2ccccc2)c2c(O)[nH]c3ccc([N+](=O)[O-])cc23)cc1. The summed E-state index contributed by atoms with van der Waals surface area (Å²) >= 11 is 0. The van der Waals surface area contributed by atoms with Crippen LogP contribution >= 0.6 is 0 Å². The number of nitro groups is 1. The molecule has 3 N–H and O–H groups in total. The van der Waals surface area contributed by atoms with Crippen molar-refractivity contribution < 1.29 is 24.7 Å². The number of likely N-dealkylation sites (tertiary alicyclic amines) is 1. The maximum atomic E-state index is 12.2. The van der Waals surface area contributed by atoms with E-state index in [0.29, 0.717) is 39.8 Å². The van der Waals surface area contributed by atoms with E-state index in [2.05, 4.69) is 4.98 Å². The number of aromatic nitrogens is 1. The van der Waals surface area contributed by atoms with Crippen molar-refractivity contribution in [2.24, 2.45) is 4.99 Å². The number of aromatic hydroxyl groups is 1. The first kappa shape index (κ1) is 23.7. The molecule has 0 spiro atoms. The average Bonchev–Trinajstić information content (AvgIpc) is 3.42. The van der Waals surface area contributed by atoms with Gasteiger partial charge in [0.2, 0.25) is 5.91 Å². The number of nitro benzene ring substituents is 1. The number of amides is 1. The monoisotopic (exact) mass is 498 g/mol. The van der Waals surface area contributed by atoms with Crippen molar-refractivity contribution in [1.29, 1.82) is 0 Å². The highest BCUT2D eigenvalue weighted by Gasteiger charge is 2.35. The molecular weight excluding hydrogens is 476 g/mol. The zero-order valence-corrected chi connectivity index (χ0v) is 19.5. The predicted octanol–water partition coefficient (Wildman–Crippen LogP) is 4.53. The second-order valence-electron chi connectivity index (χ2n) is 8.74. The molecule has 1 aliphatic heterocycles. The first-order valence-electron chi connectivity index (χ1n) is 11.6. The number of carboxylic acid groups (broad SMARTS) is 1. The molecule has 37 heavy (non-hydrogen) atoms. The number of carboxylic acids is 1. The van der Waals surface area contributed by atoms with Gasteiger partial charge in [0.1, 0.15) is 6.04 Å². The number of rotatable bonds is 7. The van der Waals surface area contributed by atoms with Crippen molar-refractivity contribution in [2.75, 3.05) is 0 Å². The maximum absolute atomic E-state index is 12.2. The zero-order valence-electron chi connectivity index (χ0n) is 19.5. The molecule has 0 radical (unpaired) electrons. The Bertz CT molecular complexity index is 1540. The van der Waals surface area contributed by atoms with Crippen LogP contribution in [0.25, 0.3) is 10.9 Å². The molecule has 1 unspecified atom stereocenters. The van der Waals surface area contributed by atoms with E-state index < -0.39 is 16.9 Å². The summed E-state index contributed by atoms with van der Waals surface area (Å²) in [5.74, 6) is -1.37. The molecule has 1 aliphatic rings. The molecule has 1 aromatic heterocycles. The minimum Gasteiger partial charge on any atom is -0.494 e. The number of benzene rings is 3. The number of nitrogens with zero attached hydrogens (tertiary/aromatic N) is 3. The number of hydrogen-bond donors (Lipinski definition) is 3. The Labute approximate surface area is 210 Å². The van der Waals surface area contributed by atoms with Gasteiger partial charge in [-0.25, -0.2) is 9.79 Å². The van der Waals surface area contributed by atoms with E-state index in [1.54, 1.807) is 24.3 Å². The summed E-state index contributed by atoms with van der Waals surface area (Å²) in [6.45, 7) is 0.179. The molecule has 3 aromatic carbocycles. The van der Waals surface area contributed by atoms with Gasteiger partial charge in [-0.15, -0.1) is 0 Å². The van der Waals surface area contributed by atoms with Gasteiger partial charge >= 0.3 is 5.97 Å². The molecule has 5 rings (SSSR count). The van der Waals surface area contributed by atoms with Gasteiger partial charge in [0, 0.05) is 41.6 Å². The van der Waals surface area contributed by atoms with Crippen LogP contribution in [-0.4, -0.2) is 48.7 Å². The molecule has 0 saturated carbocycles. The summed E-state index contributed by atoms with van der Waals surface area (Å²) in [6, 6.07) is 19.6. The summed E-state index contributed by atoms with van der Waals surface area (Å²) in [5, 5.41) is 32.0. The van der Waals surface area contributed by atoms with Crippen LogP contribution in [0.5, 0.6) is 5.88 Å². The summed E-state index contributed by atoms with van der Waals surface area (Å²) in [7, 11) is 0. The molecule has 4 aromatic rings. The largest absolute Gasteiger partial charge is 0.494 e. The molecule has 0 bridgehead atoms. The van der Waals surface area contributed by atoms with E-state index in [9.17, 15) is 29.9 Å². The summed E-state index contributed by atoms with van der Waals surface area (Å²) in [6.07, 6.45) is 0.509. The third-order valence-corrected chi connectivity index (χ3v) is 6.40. The number of aliphatic imine (C=N–C) groups is 1. The number of aromatic amines is 1. The number of H-pyrrole nitrogens is 1. The van der Waals surface area contributed by atoms with Crippen molar-refractivity contribution in [3.05, 3.63) is 99.6 Å². The lowest BCUT2D eigenvalue weighted by Gasteiger charge is -2.21. The van der Waals surface area contributed by atoms with E-state index in [1.165, 1.54) is 23.1 Å². The highest BCUT2D eigenvalue weighted by atomic mass is 16.6.